The number of carbonyl (C=O) groups excluding carboxylic acids is 1. The summed E-state index contributed by atoms with van der Waals surface area (Å²) in [4.78, 5) is 17.8. The maximum absolute atomic E-state index is 13.2. The molecular formula is C18H25F4IN4O. The van der Waals surface area contributed by atoms with Gasteiger partial charge in [-0.2, -0.15) is 13.2 Å². The first-order valence-corrected chi connectivity index (χ1v) is 8.73. The molecule has 2 N–H and O–H groups in total. The highest BCUT2D eigenvalue weighted by Crippen LogP contribution is 2.32. The lowest BCUT2D eigenvalue weighted by Crippen LogP contribution is -2.45. The van der Waals surface area contributed by atoms with Crippen molar-refractivity contribution in [3.05, 3.63) is 35.1 Å². The van der Waals surface area contributed by atoms with Gasteiger partial charge in [0.1, 0.15) is 5.82 Å². The molecule has 1 aliphatic heterocycles. The van der Waals surface area contributed by atoms with E-state index in [1.807, 2.05) is 13.8 Å². The minimum Gasteiger partial charge on any atom is -0.352 e. The fourth-order valence-corrected chi connectivity index (χ4v) is 2.98. The van der Waals surface area contributed by atoms with Gasteiger partial charge in [0.05, 0.1) is 5.56 Å². The van der Waals surface area contributed by atoms with Crippen molar-refractivity contribution >= 4 is 35.8 Å². The normalized spacial score (nSPS) is 17.5. The summed E-state index contributed by atoms with van der Waals surface area (Å²) in [6.07, 6.45) is -3.91. The number of carbonyl (C=O) groups is 1. The molecule has 1 unspecified atom stereocenters. The van der Waals surface area contributed by atoms with E-state index in [4.69, 9.17) is 0 Å². The van der Waals surface area contributed by atoms with Gasteiger partial charge in [-0.05, 0) is 24.1 Å². The van der Waals surface area contributed by atoms with Crippen LogP contribution in [0.5, 0.6) is 0 Å². The van der Waals surface area contributed by atoms with Crippen molar-refractivity contribution < 1.29 is 22.4 Å². The molecule has 0 aliphatic carbocycles. The maximum Gasteiger partial charge on any atom is 0.416 e. The van der Waals surface area contributed by atoms with Gasteiger partial charge in [-0.25, -0.2) is 4.39 Å². The molecule has 0 spiro atoms. The molecule has 0 saturated carbocycles. The summed E-state index contributed by atoms with van der Waals surface area (Å²) in [5.41, 5.74) is -1.09. The van der Waals surface area contributed by atoms with Gasteiger partial charge < -0.3 is 15.5 Å². The van der Waals surface area contributed by atoms with Crippen LogP contribution in [0.4, 0.5) is 17.6 Å². The lowest BCUT2D eigenvalue weighted by atomic mass is 10.1. The first-order valence-electron chi connectivity index (χ1n) is 8.73. The summed E-state index contributed by atoms with van der Waals surface area (Å²) < 4.78 is 52.4. The van der Waals surface area contributed by atoms with E-state index >= 15 is 0 Å². The van der Waals surface area contributed by atoms with Crippen LogP contribution in [0.2, 0.25) is 0 Å². The van der Waals surface area contributed by atoms with Crippen molar-refractivity contribution in [2.45, 2.75) is 39.0 Å². The molecule has 1 aromatic carbocycles. The number of halogens is 5. The number of hydrogen-bond acceptors (Lipinski definition) is 2. The predicted molar refractivity (Wildman–Crippen MR) is 110 cm³/mol. The Labute approximate surface area is 179 Å². The zero-order valence-corrected chi connectivity index (χ0v) is 18.3. The number of alkyl halides is 3. The Bertz CT molecular complexity index is 709. The summed E-state index contributed by atoms with van der Waals surface area (Å²) in [6.45, 7) is 4.66. The molecule has 1 aliphatic rings. The molecule has 1 heterocycles. The third-order valence-corrected chi connectivity index (χ3v) is 4.38. The van der Waals surface area contributed by atoms with Crippen LogP contribution < -0.4 is 10.6 Å². The third kappa shape index (κ3) is 6.49. The van der Waals surface area contributed by atoms with Crippen molar-refractivity contribution in [1.82, 2.24) is 15.5 Å². The largest absolute Gasteiger partial charge is 0.416 e. The third-order valence-electron chi connectivity index (χ3n) is 4.38. The minimum absolute atomic E-state index is 0. The Morgan fingerprint density at radius 3 is 2.61 bits per heavy atom. The van der Waals surface area contributed by atoms with E-state index in [2.05, 4.69) is 15.6 Å². The van der Waals surface area contributed by atoms with Crippen LogP contribution in [-0.4, -0.2) is 42.9 Å². The van der Waals surface area contributed by atoms with Gasteiger partial charge in [-0.15, -0.1) is 24.0 Å². The highest BCUT2D eigenvalue weighted by molar-refractivity contribution is 14.0. The number of nitrogens with zero attached hydrogens (tertiary/aromatic N) is 2. The number of nitrogens with one attached hydrogen (secondary N) is 2. The van der Waals surface area contributed by atoms with Crippen molar-refractivity contribution in [1.29, 1.82) is 0 Å². The summed E-state index contributed by atoms with van der Waals surface area (Å²) in [7, 11) is 1.51. The average Bonchev–Trinajstić information content (AvgIpc) is 3.06. The average molecular weight is 516 g/mol. The summed E-state index contributed by atoms with van der Waals surface area (Å²) in [6, 6.07) is 2.56. The fourth-order valence-electron chi connectivity index (χ4n) is 2.98. The zero-order chi connectivity index (χ0) is 20.2. The first kappa shape index (κ1) is 24.4. The van der Waals surface area contributed by atoms with Crippen molar-refractivity contribution in [3.8, 4) is 0 Å². The standard InChI is InChI=1S/C18H24F4N4O.HI/c1-11(2)16(27)26-7-6-14(10-26)25-17(23-3)24-9-12-4-5-13(19)8-15(12)18(20,21)22;/h4-5,8,11,14H,6-7,9-10H2,1-3H3,(H2,23,24,25);1H. The van der Waals surface area contributed by atoms with Crippen LogP contribution in [0, 0.1) is 11.7 Å². The molecular weight excluding hydrogens is 491 g/mol. The van der Waals surface area contributed by atoms with Crippen molar-refractivity contribution in [3.63, 3.8) is 0 Å². The molecule has 10 heteroatoms. The summed E-state index contributed by atoms with van der Waals surface area (Å²) in [5.74, 6) is -0.616. The number of guanidine groups is 1. The van der Waals surface area contributed by atoms with E-state index < -0.39 is 17.6 Å². The number of amides is 1. The molecule has 1 fully saturated rings. The smallest absolute Gasteiger partial charge is 0.352 e. The van der Waals surface area contributed by atoms with Crippen LogP contribution in [0.1, 0.15) is 31.4 Å². The highest BCUT2D eigenvalue weighted by Gasteiger charge is 2.34. The quantitative estimate of drug-likeness (QED) is 0.280. The van der Waals surface area contributed by atoms with Gasteiger partial charge in [0.25, 0.3) is 0 Å². The highest BCUT2D eigenvalue weighted by atomic mass is 127. The Morgan fingerprint density at radius 2 is 2.04 bits per heavy atom. The molecule has 1 amide bonds. The van der Waals surface area contributed by atoms with E-state index in [9.17, 15) is 22.4 Å². The summed E-state index contributed by atoms with van der Waals surface area (Å²) in [5, 5.41) is 5.94. The van der Waals surface area contributed by atoms with Gasteiger partial charge in [-0.3, -0.25) is 9.79 Å². The number of likely N-dealkylation sites (tertiary alicyclic amines) is 1. The second kappa shape index (κ2) is 10.3. The Kier molecular flexibility index (Phi) is 8.96. The second-order valence-electron chi connectivity index (χ2n) is 6.79. The molecule has 0 bridgehead atoms. The van der Waals surface area contributed by atoms with Gasteiger partial charge in [0, 0.05) is 38.6 Å². The first-order chi connectivity index (χ1) is 12.6. The Hall–Kier alpha value is -1.59. The van der Waals surface area contributed by atoms with Crippen molar-refractivity contribution in [2.75, 3.05) is 20.1 Å². The lowest BCUT2D eigenvalue weighted by molar-refractivity contribution is -0.138. The van der Waals surface area contributed by atoms with Gasteiger partial charge >= 0.3 is 6.18 Å². The van der Waals surface area contributed by atoms with Crippen LogP contribution in [0.25, 0.3) is 0 Å². The van der Waals surface area contributed by atoms with Crippen LogP contribution in [-0.2, 0) is 17.5 Å². The molecule has 2 rings (SSSR count). The van der Waals surface area contributed by atoms with Gasteiger partial charge in [0.15, 0.2) is 5.96 Å². The predicted octanol–water partition coefficient (Wildman–Crippen LogP) is 3.38. The number of aliphatic imine (C=N–C) groups is 1. The monoisotopic (exact) mass is 516 g/mol. The number of benzene rings is 1. The molecule has 0 radical (unpaired) electrons. The second-order valence-corrected chi connectivity index (χ2v) is 6.79. The van der Waals surface area contributed by atoms with E-state index in [0.29, 0.717) is 25.1 Å². The maximum atomic E-state index is 13.2. The lowest BCUT2D eigenvalue weighted by Gasteiger charge is -2.21. The molecule has 158 valence electrons. The SMILES string of the molecule is CN=C(NCc1ccc(F)cc1C(F)(F)F)NC1CCN(C(=O)C(C)C)C1.I. The van der Waals surface area contributed by atoms with Crippen LogP contribution in [0.15, 0.2) is 23.2 Å². The topological polar surface area (TPSA) is 56.7 Å². The molecule has 1 aromatic rings. The molecule has 1 atom stereocenters. The van der Waals surface area contributed by atoms with E-state index in [1.54, 1.807) is 4.90 Å². The molecule has 0 aromatic heterocycles. The fraction of sp³-hybridized carbons (Fsp3) is 0.556. The van der Waals surface area contributed by atoms with Crippen LogP contribution >= 0.6 is 24.0 Å². The molecule has 28 heavy (non-hydrogen) atoms. The van der Waals surface area contributed by atoms with Crippen molar-refractivity contribution in [2.24, 2.45) is 10.9 Å². The minimum atomic E-state index is -4.64. The molecule has 5 nitrogen and oxygen atoms in total. The van der Waals surface area contributed by atoms with Gasteiger partial charge in [0.2, 0.25) is 5.91 Å². The number of hydrogen-bond donors (Lipinski definition) is 2. The number of rotatable bonds is 4. The van der Waals surface area contributed by atoms with Crippen LogP contribution in [0.3, 0.4) is 0 Å². The zero-order valence-electron chi connectivity index (χ0n) is 15.9. The van der Waals surface area contributed by atoms with Gasteiger partial charge in [-0.1, -0.05) is 19.9 Å². The van der Waals surface area contributed by atoms with E-state index in [-0.39, 0.29) is 54.0 Å². The Balaban J connectivity index is 0.00000392. The summed E-state index contributed by atoms with van der Waals surface area (Å²) >= 11 is 0. The van der Waals surface area contributed by atoms with E-state index in [1.165, 1.54) is 7.05 Å². The Morgan fingerprint density at radius 1 is 1.36 bits per heavy atom. The van der Waals surface area contributed by atoms with E-state index in [0.717, 1.165) is 18.6 Å². The molecule has 1 saturated heterocycles.